The second-order valence-electron chi connectivity index (χ2n) is 3.89. The van der Waals surface area contributed by atoms with Gasteiger partial charge in [0.15, 0.2) is 0 Å². The number of alkyl halides is 3. The summed E-state index contributed by atoms with van der Waals surface area (Å²) in [5.41, 5.74) is 0.104. The van der Waals surface area contributed by atoms with Crippen LogP contribution >= 0.6 is 11.6 Å². The summed E-state index contributed by atoms with van der Waals surface area (Å²) >= 11 is 5.73. The molecule has 19 heavy (non-hydrogen) atoms. The minimum absolute atomic E-state index is 0.0824. The Labute approximate surface area is 111 Å². The van der Waals surface area contributed by atoms with Gasteiger partial charge in [-0.1, -0.05) is 11.6 Å². The smallest absolute Gasteiger partial charge is 0.401 e. The average molecular weight is 300 g/mol. The van der Waals surface area contributed by atoms with E-state index in [-0.39, 0.29) is 10.6 Å². The molecule has 3 nitrogen and oxygen atoms in total. The molecule has 0 bridgehead atoms. The van der Waals surface area contributed by atoms with Gasteiger partial charge in [0.25, 0.3) is 0 Å². The van der Waals surface area contributed by atoms with Gasteiger partial charge in [0.05, 0.1) is 13.1 Å². The normalized spacial score (nSPS) is 11.9. The van der Waals surface area contributed by atoms with Gasteiger partial charge in [0.2, 0.25) is 0 Å². The number of carboxylic acids is 1. The molecule has 106 valence electrons. The van der Waals surface area contributed by atoms with Crippen molar-refractivity contribution in [1.29, 1.82) is 0 Å². The molecule has 0 saturated carbocycles. The number of hydrogen-bond acceptors (Lipinski definition) is 2. The quantitative estimate of drug-likeness (QED) is 0.850. The minimum Gasteiger partial charge on any atom is -0.480 e. The SMILES string of the molecule is O=C(O)CN(Cc1cc(F)ccc1Cl)CC(F)(F)F. The molecule has 0 aliphatic carbocycles. The van der Waals surface area contributed by atoms with Gasteiger partial charge in [-0.3, -0.25) is 9.69 Å². The van der Waals surface area contributed by atoms with E-state index in [1.807, 2.05) is 0 Å². The number of aliphatic carboxylic acids is 1. The Bertz CT molecular complexity index is 464. The van der Waals surface area contributed by atoms with Crippen LogP contribution in [0, 0.1) is 5.82 Å². The maximum atomic E-state index is 13.0. The molecule has 0 heterocycles. The van der Waals surface area contributed by atoms with E-state index in [1.165, 1.54) is 6.07 Å². The van der Waals surface area contributed by atoms with Crippen LogP contribution in [0.3, 0.4) is 0 Å². The van der Waals surface area contributed by atoms with Crippen molar-refractivity contribution in [3.63, 3.8) is 0 Å². The predicted molar refractivity (Wildman–Crippen MR) is 60.4 cm³/mol. The predicted octanol–water partition coefficient (Wildman–Crippen LogP) is 2.93. The maximum Gasteiger partial charge on any atom is 0.401 e. The van der Waals surface area contributed by atoms with Gasteiger partial charge in [-0.15, -0.1) is 0 Å². The Balaban J connectivity index is 2.87. The van der Waals surface area contributed by atoms with Crippen LogP contribution in [0.15, 0.2) is 18.2 Å². The molecule has 8 heteroatoms. The first-order valence-corrected chi connectivity index (χ1v) is 5.50. The van der Waals surface area contributed by atoms with E-state index in [2.05, 4.69) is 0 Å². The molecular weight excluding hydrogens is 290 g/mol. The number of carboxylic acid groups (broad SMARTS) is 1. The molecule has 0 unspecified atom stereocenters. The highest BCUT2D eigenvalue weighted by atomic mass is 35.5. The number of nitrogens with zero attached hydrogens (tertiary/aromatic N) is 1. The van der Waals surface area contributed by atoms with Crippen LogP contribution in [-0.4, -0.2) is 35.2 Å². The molecular formula is C11H10ClF4NO2. The molecule has 0 radical (unpaired) electrons. The summed E-state index contributed by atoms with van der Waals surface area (Å²) in [5.74, 6) is -2.06. The molecule has 1 aromatic carbocycles. The molecule has 1 aromatic rings. The monoisotopic (exact) mass is 299 g/mol. The molecule has 1 rings (SSSR count). The summed E-state index contributed by atoms with van der Waals surface area (Å²) in [6, 6.07) is 3.25. The molecule has 0 saturated heterocycles. The third kappa shape index (κ3) is 5.89. The lowest BCUT2D eigenvalue weighted by Crippen LogP contribution is -2.37. The summed E-state index contributed by atoms with van der Waals surface area (Å²) < 4.78 is 49.9. The van der Waals surface area contributed by atoms with Gasteiger partial charge in [-0.2, -0.15) is 13.2 Å². The van der Waals surface area contributed by atoms with Gasteiger partial charge in [-0.25, -0.2) is 4.39 Å². The average Bonchev–Trinajstić information content (AvgIpc) is 2.20. The molecule has 0 amide bonds. The number of rotatable bonds is 5. The van der Waals surface area contributed by atoms with Crippen LogP contribution in [0.1, 0.15) is 5.56 Å². The second kappa shape index (κ2) is 6.21. The third-order valence-electron chi connectivity index (χ3n) is 2.16. The van der Waals surface area contributed by atoms with Gasteiger partial charge in [0, 0.05) is 11.6 Å². The number of benzene rings is 1. The molecule has 1 N–H and O–H groups in total. The van der Waals surface area contributed by atoms with Gasteiger partial charge in [0.1, 0.15) is 5.82 Å². The minimum atomic E-state index is -4.55. The Hall–Kier alpha value is -1.34. The first kappa shape index (κ1) is 15.7. The van der Waals surface area contributed by atoms with E-state index >= 15 is 0 Å². The summed E-state index contributed by atoms with van der Waals surface area (Å²) in [6.45, 7) is -2.62. The summed E-state index contributed by atoms with van der Waals surface area (Å²) in [4.78, 5) is 11.1. The molecule has 0 spiro atoms. The first-order valence-electron chi connectivity index (χ1n) is 5.12. The maximum absolute atomic E-state index is 13.0. The van der Waals surface area contributed by atoms with E-state index in [9.17, 15) is 22.4 Å². The van der Waals surface area contributed by atoms with Crippen molar-refractivity contribution in [2.45, 2.75) is 12.7 Å². The number of carbonyl (C=O) groups is 1. The van der Waals surface area contributed by atoms with Crippen molar-refractivity contribution in [1.82, 2.24) is 4.90 Å². The fourth-order valence-electron chi connectivity index (χ4n) is 1.52. The highest BCUT2D eigenvalue weighted by Crippen LogP contribution is 2.22. The zero-order chi connectivity index (χ0) is 14.6. The van der Waals surface area contributed by atoms with Crippen LogP contribution in [0.2, 0.25) is 5.02 Å². The fraction of sp³-hybridized carbons (Fsp3) is 0.364. The van der Waals surface area contributed by atoms with Crippen molar-refractivity contribution in [2.24, 2.45) is 0 Å². The lowest BCUT2D eigenvalue weighted by Gasteiger charge is -2.22. The van der Waals surface area contributed by atoms with Crippen LogP contribution in [0.5, 0.6) is 0 Å². The van der Waals surface area contributed by atoms with E-state index in [0.29, 0.717) is 4.90 Å². The van der Waals surface area contributed by atoms with Gasteiger partial charge in [-0.05, 0) is 23.8 Å². The van der Waals surface area contributed by atoms with Crippen LogP contribution in [-0.2, 0) is 11.3 Å². The van der Waals surface area contributed by atoms with E-state index in [1.54, 1.807) is 0 Å². The Kier molecular flexibility index (Phi) is 5.13. The van der Waals surface area contributed by atoms with Crippen LogP contribution in [0.4, 0.5) is 17.6 Å². The summed E-state index contributed by atoms with van der Waals surface area (Å²) in [7, 11) is 0. The van der Waals surface area contributed by atoms with E-state index in [4.69, 9.17) is 16.7 Å². The Morgan fingerprint density at radius 2 is 2.00 bits per heavy atom. The first-order chi connectivity index (χ1) is 8.67. The zero-order valence-electron chi connectivity index (χ0n) is 9.55. The largest absolute Gasteiger partial charge is 0.480 e. The lowest BCUT2D eigenvalue weighted by atomic mass is 10.2. The highest BCUT2D eigenvalue weighted by molar-refractivity contribution is 6.31. The molecule has 0 atom stereocenters. The molecule has 0 fully saturated rings. The van der Waals surface area contributed by atoms with Crippen molar-refractivity contribution >= 4 is 17.6 Å². The molecule has 0 aliphatic heterocycles. The molecule has 0 aromatic heterocycles. The zero-order valence-corrected chi connectivity index (χ0v) is 10.3. The van der Waals surface area contributed by atoms with Crippen molar-refractivity contribution in [2.75, 3.05) is 13.1 Å². The topological polar surface area (TPSA) is 40.5 Å². The standard InChI is InChI=1S/C11H10ClF4NO2/c12-9-2-1-8(13)3-7(9)4-17(5-10(18)19)6-11(14,15)16/h1-3H,4-6H2,(H,18,19). The number of hydrogen-bond donors (Lipinski definition) is 1. The van der Waals surface area contributed by atoms with Crippen LogP contribution in [0.25, 0.3) is 0 Å². The Morgan fingerprint density at radius 3 is 2.53 bits per heavy atom. The highest BCUT2D eigenvalue weighted by Gasteiger charge is 2.31. The summed E-state index contributed by atoms with van der Waals surface area (Å²) in [5, 5.41) is 8.65. The van der Waals surface area contributed by atoms with E-state index < -0.39 is 37.6 Å². The van der Waals surface area contributed by atoms with Crippen molar-refractivity contribution in [3.8, 4) is 0 Å². The Morgan fingerprint density at radius 1 is 1.37 bits per heavy atom. The van der Waals surface area contributed by atoms with Gasteiger partial charge < -0.3 is 5.11 Å². The number of halogens is 5. The third-order valence-corrected chi connectivity index (χ3v) is 2.53. The summed E-state index contributed by atoms with van der Waals surface area (Å²) in [6.07, 6.45) is -4.55. The van der Waals surface area contributed by atoms with Crippen molar-refractivity contribution in [3.05, 3.63) is 34.6 Å². The fourth-order valence-corrected chi connectivity index (χ4v) is 1.70. The second-order valence-corrected chi connectivity index (χ2v) is 4.30. The van der Waals surface area contributed by atoms with Gasteiger partial charge >= 0.3 is 12.1 Å². The van der Waals surface area contributed by atoms with Crippen molar-refractivity contribution < 1.29 is 27.5 Å². The molecule has 0 aliphatic rings. The van der Waals surface area contributed by atoms with E-state index in [0.717, 1.165) is 12.1 Å². The van der Waals surface area contributed by atoms with Crippen LogP contribution < -0.4 is 0 Å². The lowest BCUT2D eigenvalue weighted by molar-refractivity contribution is -0.154.